The van der Waals surface area contributed by atoms with E-state index < -0.39 is 0 Å². The van der Waals surface area contributed by atoms with Gasteiger partial charge >= 0.3 is 0 Å². The zero-order valence-corrected chi connectivity index (χ0v) is 11.9. The largest absolute Gasteiger partial charge is 0.497 e. The van der Waals surface area contributed by atoms with Crippen LogP contribution in [0.2, 0.25) is 5.02 Å². The van der Waals surface area contributed by atoms with Crippen LogP contribution in [0.5, 0.6) is 5.75 Å². The summed E-state index contributed by atoms with van der Waals surface area (Å²) in [6.45, 7) is 0. The van der Waals surface area contributed by atoms with Crippen molar-refractivity contribution in [1.29, 1.82) is 0 Å². The summed E-state index contributed by atoms with van der Waals surface area (Å²) in [6.07, 6.45) is 0. The zero-order chi connectivity index (χ0) is 13.8. The highest BCUT2D eigenvalue weighted by molar-refractivity contribution is 7.80. The van der Waals surface area contributed by atoms with Gasteiger partial charge in [0, 0.05) is 17.3 Å². The van der Waals surface area contributed by atoms with Crippen LogP contribution in [0.15, 0.2) is 42.5 Å². The van der Waals surface area contributed by atoms with Crippen LogP contribution in [-0.4, -0.2) is 12.1 Å². The van der Waals surface area contributed by atoms with Crippen LogP contribution in [0.3, 0.4) is 0 Å². The van der Waals surface area contributed by atoms with Crippen LogP contribution in [0.25, 0.3) is 0 Å². The topological polar surface area (TPSA) is 47.3 Å². The molecule has 0 amide bonds. The van der Waals surface area contributed by atoms with E-state index in [0.717, 1.165) is 22.7 Å². The molecule has 3 nitrogen and oxygen atoms in total. The summed E-state index contributed by atoms with van der Waals surface area (Å²) in [5, 5.41) is 3.78. The van der Waals surface area contributed by atoms with Crippen LogP contribution in [0.1, 0.15) is 5.56 Å². The molecular weight excluding hydrogens is 280 g/mol. The van der Waals surface area contributed by atoms with Gasteiger partial charge in [-0.3, -0.25) is 0 Å². The fourth-order valence-electron chi connectivity index (χ4n) is 1.63. The second kappa shape index (κ2) is 5.91. The first-order valence-electron chi connectivity index (χ1n) is 5.60. The predicted octanol–water partition coefficient (Wildman–Crippen LogP) is 3.73. The van der Waals surface area contributed by atoms with Crippen LogP contribution >= 0.6 is 23.8 Å². The number of methoxy groups -OCH3 is 1. The van der Waals surface area contributed by atoms with Gasteiger partial charge < -0.3 is 15.8 Å². The average Bonchev–Trinajstić information content (AvgIpc) is 2.41. The third-order valence-corrected chi connectivity index (χ3v) is 3.15. The van der Waals surface area contributed by atoms with Gasteiger partial charge in [-0.15, -0.1) is 0 Å². The first-order chi connectivity index (χ1) is 9.10. The molecule has 3 N–H and O–H groups in total. The fraction of sp³-hybridized carbons (Fsp3) is 0.0714. The molecule has 2 aromatic rings. The molecule has 98 valence electrons. The Morgan fingerprint density at radius 2 is 2.05 bits per heavy atom. The lowest BCUT2D eigenvalue weighted by molar-refractivity contribution is 0.415. The van der Waals surface area contributed by atoms with Crippen molar-refractivity contribution in [2.75, 3.05) is 12.4 Å². The van der Waals surface area contributed by atoms with Crippen molar-refractivity contribution in [3.63, 3.8) is 0 Å². The van der Waals surface area contributed by atoms with Gasteiger partial charge in [0.2, 0.25) is 0 Å². The maximum atomic E-state index is 6.19. The Hall–Kier alpha value is -1.78. The highest BCUT2D eigenvalue weighted by atomic mass is 35.5. The lowest BCUT2D eigenvalue weighted by Crippen LogP contribution is -2.09. The minimum absolute atomic E-state index is 0.329. The third kappa shape index (κ3) is 3.36. The number of hydrogen-bond acceptors (Lipinski definition) is 3. The summed E-state index contributed by atoms with van der Waals surface area (Å²) >= 11 is 11.1. The van der Waals surface area contributed by atoms with Crippen molar-refractivity contribution < 1.29 is 4.74 Å². The molecular formula is C14H13ClN2OS. The number of nitrogens with two attached hydrogens (primary N) is 1. The number of hydrogen-bond donors (Lipinski definition) is 2. The Labute approximate surface area is 122 Å². The van der Waals surface area contributed by atoms with E-state index in [2.05, 4.69) is 5.32 Å². The summed E-state index contributed by atoms with van der Waals surface area (Å²) in [6, 6.07) is 13.0. The molecule has 2 aromatic carbocycles. The summed E-state index contributed by atoms with van der Waals surface area (Å²) < 4.78 is 5.17. The van der Waals surface area contributed by atoms with Crippen molar-refractivity contribution in [1.82, 2.24) is 0 Å². The molecule has 0 aromatic heterocycles. The van der Waals surface area contributed by atoms with Crippen LogP contribution in [0.4, 0.5) is 11.4 Å². The highest BCUT2D eigenvalue weighted by Crippen LogP contribution is 2.28. The molecule has 0 bridgehead atoms. The molecule has 0 saturated carbocycles. The number of rotatable bonds is 4. The van der Waals surface area contributed by atoms with E-state index in [1.807, 2.05) is 36.4 Å². The van der Waals surface area contributed by atoms with Crippen molar-refractivity contribution in [2.45, 2.75) is 0 Å². The van der Waals surface area contributed by atoms with E-state index in [4.69, 9.17) is 34.3 Å². The summed E-state index contributed by atoms with van der Waals surface area (Å²) in [5.74, 6) is 0.779. The fourth-order valence-corrected chi connectivity index (χ4v) is 1.98. The number of benzene rings is 2. The first-order valence-corrected chi connectivity index (χ1v) is 6.39. The number of thiocarbonyl (C=S) groups is 1. The molecule has 0 unspecified atom stereocenters. The molecule has 19 heavy (non-hydrogen) atoms. The predicted molar refractivity (Wildman–Crippen MR) is 83.6 cm³/mol. The zero-order valence-electron chi connectivity index (χ0n) is 10.3. The lowest BCUT2D eigenvalue weighted by Gasteiger charge is -2.10. The van der Waals surface area contributed by atoms with E-state index in [1.165, 1.54) is 0 Å². The van der Waals surface area contributed by atoms with E-state index >= 15 is 0 Å². The van der Waals surface area contributed by atoms with Gasteiger partial charge in [0.1, 0.15) is 10.7 Å². The summed E-state index contributed by atoms with van der Waals surface area (Å²) in [7, 11) is 1.63. The maximum absolute atomic E-state index is 6.19. The Balaban J connectivity index is 2.25. The van der Waals surface area contributed by atoms with Crippen molar-refractivity contribution in [2.24, 2.45) is 5.73 Å². The Morgan fingerprint density at radius 1 is 1.26 bits per heavy atom. The molecule has 0 aliphatic carbocycles. The molecule has 0 atom stereocenters. The summed E-state index contributed by atoms with van der Waals surface area (Å²) in [5.41, 5.74) is 7.99. The Bertz CT molecular complexity index is 616. The van der Waals surface area contributed by atoms with Gasteiger partial charge in [0.25, 0.3) is 0 Å². The molecule has 0 saturated heterocycles. The molecule has 0 radical (unpaired) electrons. The maximum Gasteiger partial charge on any atom is 0.120 e. The highest BCUT2D eigenvalue weighted by Gasteiger charge is 2.04. The SMILES string of the molecule is COc1cccc(Nc2ccc(C(N)=S)cc2Cl)c1. The monoisotopic (exact) mass is 292 g/mol. The number of halogens is 1. The average molecular weight is 293 g/mol. The van der Waals surface area contributed by atoms with Gasteiger partial charge in [0.15, 0.2) is 0 Å². The Kier molecular flexibility index (Phi) is 4.24. The van der Waals surface area contributed by atoms with Crippen molar-refractivity contribution in [3.8, 4) is 5.75 Å². The van der Waals surface area contributed by atoms with Gasteiger partial charge in [-0.05, 0) is 30.3 Å². The molecule has 0 spiro atoms. The minimum Gasteiger partial charge on any atom is -0.497 e. The number of nitrogens with one attached hydrogen (secondary N) is 1. The number of ether oxygens (including phenoxy) is 1. The normalized spacial score (nSPS) is 10.0. The van der Waals surface area contributed by atoms with Gasteiger partial charge in [0.05, 0.1) is 17.8 Å². The minimum atomic E-state index is 0.329. The Morgan fingerprint density at radius 3 is 2.68 bits per heavy atom. The molecule has 0 aliphatic heterocycles. The second-order valence-corrected chi connectivity index (χ2v) is 4.76. The van der Waals surface area contributed by atoms with Gasteiger partial charge in [-0.2, -0.15) is 0 Å². The van der Waals surface area contributed by atoms with E-state index in [0.29, 0.717) is 10.0 Å². The van der Waals surface area contributed by atoms with Crippen LogP contribution in [0, 0.1) is 0 Å². The standard InChI is InChI=1S/C14H13ClN2OS/c1-18-11-4-2-3-10(8-11)17-13-6-5-9(14(16)19)7-12(13)15/h2-8,17H,1H3,(H2,16,19). The molecule has 0 fully saturated rings. The van der Waals surface area contributed by atoms with E-state index in [-0.39, 0.29) is 0 Å². The molecule has 0 heterocycles. The quantitative estimate of drug-likeness (QED) is 0.843. The van der Waals surface area contributed by atoms with Gasteiger partial charge in [-0.1, -0.05) is 29.9 Å². The van der Waals surface area contributed by atoms with Crippen molar-refractivity contribution in [3.05, 3.63) is 53.1 Å². The third-order valence-electron chi connectivity index (χ3n) is 2.60. The molecule has 2 rings (SSSR count). The smallest absolute Gasteiger partial charge is 0.120 e. The first kappa shape index (κ1) is 13.6. The van der Waals surface area contributed by atoms with Crippen LogP contribution < -0.4 is 15.8 Å². The summed E-state index contributed by atoms with van der Waals surface area (Å²) in [4.78, 5) is 0.329. The van der Waals surface area contributed by atoms with E-state index in [1.54, 1.807) is 13.2 Å². The molecule has 5 heteroatoms. The number of anilines is 2. The van der Waals surface area contributed by atoms with Crippen LogP contribution in [-0.2, 0) is 0 Å². The van der Waals surface area contributed by atoms with Gasteiger partial charge in [-0.25, -0.2) is 0 Å². The second-order valence-electron chi connectivity index (χ2n) is 3.92. The lowest BCUT2D eigenvalue weighted by atomic mass is 10.2. The van der Waals surface area contributed by atoms with E-state index in [9.17, 15) is 0 Å². The van der Waals surface area contributed by atoms with Crippen molar-refractivity contribution >= 4 is 40.2 Å². The molecule has 0 aliphatic rings.